The van der Waals surface area contributed by atoms with Crippen LogP contribution < -0.4 is 5.32 Å². The van der Waals surface area contributed by atoms with Crippen molar-refractivity contribution in [3.63, 3.8) is 0 Å². The van der Waals surface area contributed by atoms with Gasteiger partial charge in [0.05, 0.1) is 6.04 Å². The Labute approximate surface area is 175 Å². The second-order valence-corrected chi connectivity index (χ2v) is 7.06. The highest BCUT2D eigenvalue weighted by atomic mass is 16.1. The van der Waals surface area contributed by atoms with Gasteiger partial charge in [0, 0.05) is 11.8 Å². The molecule has 6 nitrogen and oxygen atoms in total. The first kappa shape index (κ1) is 19.5. The normalized spacial score (nSPS) is 11.7. The summed E-state index contributed by atoms with van der Waals surface area (Å²) in [5, 5.41) is 7.27. The van der Waals surface area contributed by atoms with Crippen LogP contribution in [0.5, 0.6) is 0 Å². The van der Waals surface area contributed by atoms with Crippen molar-refractivity contribution < 1.29 is 4.79 Å². The summed E-state index contributed by atoms with van der Waals surface area (Å²) in [4.78, 5) is 21.2. The van der Waals surface area contributed by atoms with Gasteiger partial charge in [0.1, 0.15) is 12.7 Å². The number of hydrogen-bond donors (Lipinski definition) is 1. The molecule has 0 saturated heterocycles. The molecule has 4 rings (SSSR count). The monoisotopic (exact) mass is 397 g/mol. The number of benzene rings is 2. The van der Waals surface area contributed by atoms with Crippen molar-refractivity contribution in [3.8, 4) is 5.82 Å². The molecule has 0 radical (unpaired) electrons. The lowest BCUT2D eigenvalue weighted by Gasteiger charge is -2.19. The summed E-state index contributed by atoms with van der Waals surface area (Å²) in [7, 11) is 0. The van der Waals surface area contributed by atoms with Crippen molar-refractivity contribution in [1.82, 2.24) is 25.1 Å². The summed E-state index contributed by atoms with van der Waals surface area (Å²) >= 11 is 0. The van der Waals surface area contributed by atoms with Crippen molar-refractivity contribution in [2.45, 2.75) is 25.3 Å². The molecule has 6 heteroatoms. The van der Waals surface area contributed by atoms with Crippen LogP contribution in [0.1, 0.15) is 40.4 Å². The SMILES string of the molecule is O=C(NC(CCCc1ccccc1)c1ccccc1)c1ccnc(-n2cncn2)c1. The van der Waals surface area contributed by atoms with Crippen LogP contribution in [0.3, 0.4) is 0 Å². The van der Waals surface area contributed by atoms with Crippen LogP contribution in [0.2, 0.25) is 0 Å². The zero-order valence-electron chi connectivity index (χ0n) is 16.6. The Bertz CT molecular complexity index is 1070. The predicted octanol–water partition coefficient (Wildman–Crippen LogP) is 4.16. The number of nitrogens with one attached hydrogen (secondary N) is 1. The minimum Gasteiger partial charge on any atom is -0.345 e. The van der Waals surface area contributed by atoms with Gasteiger partial charge in [0.15, 0.2) is 5.82 Å². The van der Waals surface area contributed by atoms with Gasteiger partial charge in [0.2, 0.25) is 0 Å². The molecule has 0 aliphatic heterocycles. The number of aryl methyl sites for hydroxylation is 1. The van der Waals surface area contributed by atoms with E-state index in [0.29, 0.717) is 11.4 Å². The van der Waals surface area contributed by atoms with Gasteiger partial charge in [-0.3, -0.25) is 4.79 Å². The largest absolute Gasteiger partial charge is 0.345 e. The molecule has 0 fully saturated rings. The molecule has 0 saturated carbocycles. The Morgan fingerprint density at radius 3 is 2.50 bits per heavy atom. The first-order valence-electron chi connectivity index (χ1n) is 10.0. The Morgan fingerprint density at radius 1 is 1.00 bits per heavy atom. The average molecular weight is 397 g/mol. The number of rotatable bonds is 8. The van der Waals surface area contributed by atoms with Crippen molar-refractivity contribution in [3.05, 3.63) is 108 Å². The maximum atomic E-state index is 13.0. The molecule has 150 valence electrons. The number of pyridine rings is 1. The molecule has 0 bridgehead atoms. The first-order valence-corrected chi connectivity index (χ1v) is 10.0. The van der Waals surface area contributed by atoms with Crippen molar-refractivity contribution in [2.24, 2.45) is 0 Å². The maximum Gasteiger partial charge on any atom is 0.251 e. The number of hydrogen-bond acceptors (Lipinski definition) is 4. The quantitative estimate of drug-likeness (QED) is 0.485. The fraction of sp³-hybridized carbons (Fsp3) is 0.167. The molecule has 4 aromatic rings. The average Bonchev–Trinajstić information content (AvgIpc) is 3.35. The van der Waals surface area contributed by atoms with Crippen LogP contribution in [0.4, 0.5) is 0 Å². The van der Waals surface area contributed by atoms with E-state index in [0.717, 1.165) is 24.8 Å². The maximum absolute atomic E-state index is 13.0. The number of aromatic nitrogens is 4. The van der Waals surface area contributed by atoms with Crippen LogP contribution in [0, 0.1) is 0 Å². The van der Waals surface area contributed by atoms with E-state index in [2.05, 4.69) is 56.8 Å². The summed E-state index contributed by atoms with van der Waals surface area (Å²) in [6.45, 7) is 0. The minimum atomic E-state index is -0.132. The third-order valence-electron chi connectivity index (χ3n) is 4.97. The van der Waals surface area contributed by atoms with E-state index < -0.39 is 0 Å². The highest BCUT2D eigenvalue weighted by molar-refractivity contribution is 5.94. The molecular weight excluding hydrogens is 374 g/mol. The standard InChI is InChI=1S/C24H23N5O/c30-24(21-14-15-26-23(16-21)29-18-25-17-27-29)28-22(20-11-5-2-6-12-20)13-7-10-19-8-3-1-4-9-19/h1-6,8-9,11-12,14-18,22H,7,10,13H2,(H,28,30). The number of amides is 1. The molecule has 30 heavy (non-hydrogen) atoms. The van der Waals surface area contributed by atoms with Crippen molar-refractivity contribution in [2.75, 3.05) is 0 Å². The lowest BCUT2D eigenvalue weighted by molar-refractivity contribution is 0.0934. The van der Waals surface area contributed by atoms with Crippen molar-refractivity contribution >= 4 is 5.91 Å². The lowest BCUT2D eigenvalue weighted by Crippen LogP contribution is -2.29. The van der Waals surface area contributed by atoms with Gasteiger partial charge in [-0.05, 0) is 42.5 Å². The molecule has 0 aliphatic carbocycles. The number of carbonyl (C=O) groups excluding carboxylic acids is 1. The number of carbonyl (C=O) groups is 1. The second-order valence-electron chi connectivity index (χ2n) is 7.06. The Hall–Kier alpha value is -3.80. The molecule has 1 atom stereocenters. The summed E-state index contributed by atoms with van der Waals surface area (Å²) in [6.07, 6.45) is 7.41. The second kappa shape index (κ2) is 9.60. The summed E-state index contributed by atoms with van der Waals surface area (Å²) in [5.41, 5.74) is 2.95. The molecule has 2 aromatic heterocycles. The smallest absolute Gasteiger partial charge is 0.251 e. The van der Waals surface area contributed by atoms with E-state index >= 15 is 0 Å². The number of nitrogens with zero attached hydrogens (tertiary/aromatic N) is 4. The molecule has 1 amide bonds. The van der Waals surface area contributed by atoms with Gasteiger partial charge in [-0.1, -0.05) is 60.7 Å². The van der Waals surface area contributed by atoms with E-state index in [-0.39, 0.29) is 11.9 Å². The van der Waals surface area contributed by atoms with Crippen LogP contribution in [0.15, 0.2) is 91.6 Å². The minimum absolute atomic E-state index is 0.0644. The van der Waals surface area contributed by atoms with Gasteiger partial charge in [0.25, 0.3) is 5.91 Å². The van der Waals surface area contributed by atoms with Crippen LogP contribution in [-0.4, -0.2) is 25.7 Å². The van der Waals surface area contributed by atoms with E-state index in [1.165, 1.54) is 16.6 Å². The molecular formula is C24H23N5O. The van der Waals surface area contributed by atoms with E-state index in [4.69, 9.17) is 0 Å². The Morgan fingerprint density at radius 2 is 1.77 bits per heavy atom. The van der Waals surface area contributed by atoms with E-state index in [9.17, 15) is 4.79 Å². The first-order chi connectivity index (χ1) is 14.8. The van der Waals surface area contributed by atoms with Crippen molar-refractivity contribution in [1.29, 1.82) is 0 Å². The van der Waals surface area contributed by atoms with Gasteiger partial charge >= 0.3 is 0 Å². The van der Waals surface area contributed by atoms with Gasteiger partial charge in [-0.25, -0.2) is 14.6 Å². The summed E-state index contributed by atoms with van der Waals surface area (Å²) in [6, 6.07) is 23.9. The third kappa shape index (κ3) is 4.97. The topological polar surface area (TPSA) is 72.7 Å². The van der Waals surface area contributed by atoms with Crippen LogP contribution in [-0.2, 0) is 6.42 Å². The zero-order valence-corrected chi connectivity index (χ0v) is 16.6. The summed E-state index contributed by atoms with van der Waals surface area (Å²) < 4.78 is 1.53. The van der Waals surface area contributed by atoms with Gasteiger partial charge in [-0.2, -0.15) is 5.10 Å². The Kier molecular flexibility index (Phi) is 6.25. The van der Waals surface area contributed by atoms with E-state index in [1.54, 1.807) is 24.7 Å². The zero-order chi connectivity index (χ0) is 20.6. The third-order valence-corrected chi connectivity index (χ3v) is 4.97. The van der Waals surface area contributed by atoms with Crippen LogP contribution >= 0.6 is 0 Å². The molecule has 2 aromatic carbocycles. The molecule has 0 aliphatic rings. The molecule has 2 heterocycles. The van der Waals surface area contributed by atoms with E-state index in [1.807, 2.05) is 24.3 Å². The predicted molar refractivity (Wildman–Crippen MR) is 115 cm³/mol. The summed E-state index contributed by atoms with van der Waals surface area (Å²) in [5.74, 6) is 0.424. The fourth-order valence-electron chi connectivity index (χ4n) is 3.42. The Balaban J connectivity index is 1.47. The highest BCUT2D eigenvalue weighted by Gasteiger charge is 2.16. The molecule has 1 N–H and O–H groups in total. The fourth-order valence-corrected chi connectivity index (χ4v) is 3.42. The van der Waals surface area contributed by atoms with Gasteiger partial charge in [-0.15, -0.1) is 0 Å². The lowest BCUT2D eigenvalue weighted by atomic mass is 9.98. The molecule has 1 unspecified atom stereocenters. The molecule has 0 spiro atoms. The van der Waals surface area contributed by atoms with Gasteiger partial charge < -0.3 is 5.32 Å². The van der Waals surface area contributed by atoms with Crippen LogP contribution in [0.25, 0.3) is 5.82 Å². The highest BCUT2D eigenvalue weighted by Crippen LogP contribution is 2.21.